The molecule has 0 radical (unpaired) electrons. The van der Waals surface area contributed by atoms with Gasteiger partial charge in [0, 0.05) is 21.0 Å². The molecule has 0 unspecified atom stereocenters. The lowest BCUT2D eigenvalue weighted by Gasteiger charge is -1.93. The zero-order chi connectivity index (χ0) is 14.2. The highest BCUT2D eigenvalue weighted by Crippen LogP contribution is 2.18. The summed E-state index contributed by atoms with van der Waals surface area (Å²) in [5.41, 5.74) is 0.0423. The first-order valence-electron chi connectivity index (χ1n) is 4.96. The van der Waals surface area contributed by atoms with Gasteiger partial charge in [-0.05, 0) is 22.9 Å². The van der Waals surface area contributed by atoms with Crippen LogP contribution in [-0.2, 0) is 6.54 Å². The van der Waals surface area contributed by atoms with Crippen LogP contribution in [0.15, 0.2) is 15.2 Å². The van der Waals surface area contributed by atoms with E-state index in [1.807, 2.05) is 0 Å². The summed E-state index contributed by atoms with van der Waals surface area (Å²) in [6.07, 6.45) is 0. The van der Waals surface area contributed by atoms with E-state index >= 15 is 0 Å². The largest absolute Gasteiger partial charge is 0.492 e. The molecular weight excluding hydrogens is 324 g/mol. The third-order valence-electron chi connectivity index (χ3n) is 2.28. The van der Waals surface area contributed by atoms with Gasteiger partial charge in [0.2, 0.25) is 0 Å². The zero-order valence-electron chi connectivity index (χ0n) is 9.53. The number of aryl methyl sites for hydroxylation is 1. The van der Waals surface area contributed by atoms with Crippen molar-refractivity contribution in [2.24, 2.45) is 0 Å². The van der Waals surface area contributed by atoms with E-state index in [4.69, 9.17) is 9.52 Å². The molecule has 2 rings (SSSR count). The number of carboxylic acid groups (broad SMARTS) is 1. The van der Waals surface area contributed by atoms with Crippen molar-refractivity contribution in [2.75, 3.05) is 0 Å². The van der Waals surface area contributed by atoms with Gasteiger partial charge in [-0.25, -0.2) is 4.79 Å². The predicted molar refractivity (Wildman–Crippen MR) is 63.9 cm³/mol. The van der Waals surface area contributed by atoms with Crippen molar-refractivity contribution in [3.8, 4) is 0 Å². The summed E-state index contributed by atoms with van der Waals surface area (Å²) >= 11 is 3.02. The number of furan rings is 1. The molecule has 0 spiro atoms. The molecule has 9 nitrogen and oxygen atoms in total. The fourth-order valence-corrected chi connectivity index (χ4v) is 1.83. The molecule has 0 atom stereocenters. The molecular formula is C9H7BrN4O5. The number of carbonyl (C=O) groups is 1. The first-order valence-corrected chi connectivity index (χ1v) is 5.75. The molecule has 0 amide bonds. The van der Waals surface area contributed by atoms with Crippen molar-refractivity contribution < 1.29 is 19.2 Å². The second-order valence-corrected chi connectivity index (χ2v) is 4.29. The molecule has 19 heavy (non-hydrogen) atoms. The molecule has 1 N–H and O–H groups in total. The number of hydrogen-bond donors (Lipinski definition) is 1. The Morgan fingerprint density at radius 2 is 2.37 bits per heavy atom. The van der Waals surface area contributed by atoms with Gasteiger partial charge in [0.15, 0.2) is 0 Å². The maximum absolute atomic E-state index is 10.9. The van der Waals surface area contributed by atoms with Crippen LogP contribution in [0.5, 0.6) is 0 Å². The Balaban J connectivity index is 2.28. The van der Waals surface area contributed by atoms with Gasteiger partial charge in [0.1, 0.15) is 23.6 Å². The van der Waals surface area contributed by atoms with Gasteiger partial charge in [0.25, 0.3) is 4.73 Å². The van der Waals surface area contributed by atoms with E-state index in [9.17, 15) is 14.9 Å². The number of nitrogens with zero attached hydrogens (tertiary/aromatic N) is 4. The topological polar surface area (TPSA) is 124 Å². The van der Waals surface area contributed by atoms with Crippen LogP contribution in [0.4, 0.5) is 5.95 Å². The molecule has 0 saturated carbocycles. The third kappa shape index (κ3) is 2.62. The number of aromatic nitrogens is 3. The van der Waals surface area contributed by atoms with Crippen LogP contribution in [0.2, 0.25) is 0 Å². The molecule has 2 aromatic rings. The molecule has 10 heteroatoms. The number of halogens is 1. The lowest BCUT2D eigenvalue weighted by Crippen LogP contribution is -2.02. The zero-order valence-corrected chi connectivity index (χ0v) is 11.1. The lowest BCUT2D eigenvalue weighted by molar-refractivity contribution is -0.394. The van der Waals surface area contributed by atoms with Crippen molar-refractivity contribution in [1.82, 2.24) is 14.8 Å². The van der Waals surface area contributed by atoms with Crippen molar-refractivity contribution in [1.29, 1.82) is 0 Å². The summed E-state index contributed by atoms with van der Waals surface area (Å²) in [6, 6.07) is 1.34. The minimum Gasteiger partial charge on any atom is -0.478 e. The number of hydrogen-bond acceptors (Lipinski definition) is 6. The van der Waals surface area contributed by atoms with Crippen molar-refractivity contribution in [2.45, 2.75) is 13.5 Å². The smallest absolute Gasteiger partial charge is 0.478 e. The fourth-order valence-electron chi connectivity index (χ4n) is 1.47. The first-order chi connectivity index (χ1) is 8.88. The maximum Gasteiger partial charge on any atom is 0.492 e. The van der Waals surface area contributed by atoms with E-state index in [-0.39, 0.29) is 22.6 Å². The van der Waals surface area contributed by atoms with E-state index < -0.39 is 16.8 Å². The van der Waals surface area contributed by atoms with E-state index in [0.717, 1.165) is 0 Å². The standard InChI is InChI=1S/C9H7BrN4O5/c1-4-6(7(15)16)2-5(19-4)3-13-8(10)11-9(12-13)14(17)18/h2H,3H2,1H3,(H,15,16). The van der Waals surface area contributed by atoms with Crippen molar-refractivity contribution >= 4 is 27.8 Å². The fraction of sp³-hybridized carbons (Fsp3) is 0.222. The van der Waals surface area contributed by atoms with E-state index in [1.165, 1.54) is 17.7 Å². The Hall–Kier alpha value is -2.23. The Labute approximate surface area is 114 Å². The third-order valence-corrected chi connectivity index (χ3v) is 2.87. The molecule has 100 valence electrons. The summed E-state index contributed by atoms with van der Waals surface area (Å²) in [7, 11) is 0. The highest BCUT2D eigenvalue weighted by molar-refractivity contribution is 9.10. The lowest BCUT2D eigenvalue weighted by atomic mass is 10.2. The monoisotopic (exact) mass is 330 g/mol. The maximum atomic E-state index is 10.9. The Morgan fingerprint density at radius 3 is 2.84 bits per heavy atom. The van der Waals surface area contributed by atoms with Gasteiger partial charge >= 0.3 is 11.9 Å². The SMILES string of the molecule is Cc1oc(Cn2nc([N+](=O)[O-])nc2Br)cc1C(=O)O. The molecule has 2 aromatic heterocycles. The first kappa shape index (κ1) is 13.2. The average molecular weight is 331 g/mol. The minimum atomic E-state index is -1.10. The van der Waals surface area contributed by atoms with Crippen LogP contribution >= 0.6 is 15.9 Å². The molecule has 0 saturated heterocycles. The Bertz CT molecular complexity index is 662. The average Bonchev–Trinajstić information content (AvgIpc) is 2.84. The van der Waals surface area contributed by atoms with E-state index in [2.05, 4.69) is 26.0 Å². The van der Waals surface area contributed by atoms with Crippen molar-refractivity contribution in [3.05, 3.63) is 38.0 Å². The highest BCUT2D eigenvalue weighted by atomic mass is 79.9. The highest BCUT2D eigenvalue weighted by Gasteiger charge is 2.21. The summed E-state index contributed by atoms with van der Waals surface area (Å²) < 4.78 is 6.60. The van der Waals surface area contributed by atoms with Crippen LogP contribution in [-0.4, -0.2) is 30.8 Å². The minimum absolute atomic E-state index is 0.0372. The van der Waals surface area contributed by atoms with Gasteiger partial charge < -0.3 is 19.6 Å². The molecule has 2 heterocycles. The molecule has 0 aliphatic rings. The van der Waals surface area contributed by atoms with Crippen LogP contribution in [0.1, 0.15) is 21.9 Å². The second-order valence-electron chi connectivity index (χ2n) is 3.58. The Morgan fingerprint density at radius 1 is 1.68 bits per heavy atom. The molecule has 0 aliphatic carbocycles. The van der Waals surface area contributed by atoms with Crippen molar-refractivity contribution in [3.63, 3.8) is 0 Å². The van der Waals surface area contributed by atoms with Gasteiger partial charge in [-0.2, -0.15) is 4.68 Å². The molecule has 0 aliphatic heterocycles. The Kier molecular flexibility index (Phi) is 3.34. The predicted octanol–water partition coefficient (Wildman–Crippen LogP) is 1.60. The van der Waals surface area contributed by atoms with Crippen LogP contribution in [0.3, 0.4) is 0 Å². The molecule has 0 fully saturated rings. The molecule has 0 bridgehead atoms. The van der Waals surface area contributed by atoms with E-state index in [1.54, 1.807) is 0 Å². The quantitative estimate of drug-likeness (QED) is 0.666. The van der Waals surface area contributed by atoms with Crippen LogP contribution in [0.25, 0.3) is 0 Å². The van der Waals surface area contributed by atoms with Gasteiger partial charge in [-0.3, -0.25) is 0 Å². The molecule has 0 aromatic carbocycles. The summed E-state index contributed by atoms with van der Waals surface area (Å²) in [5, 5.41) is 23.0. The summed E-state index contributed by atoms with van der Waals surface area (Å²) in [5.74, 6) is -1.08. The van der Waals surface area contributed by atoms with Gasteiger partial charge in [0.05, 0.1) is 0 Å². The summed E-state index contributed by atoms with van der Waals surface area (Å²) in [6.45, 7) is 1.56. The summed E-state index contributed by atoms with van der Waals surface area (Å²) in [4.78, 5) is 24.2. The van der Waals surface area contributed by atoms with Crippen LogP contribution in [0, 0.1) is 17.0 Å². The number of carboxylic acids is 1. The number of rotatable bonds is 4. The normalized spacial score (nSPS) is 10.6. The van der Waals surface area contributed by atoms with Crippen LogP contribution < -0.4 is 0 Å². The van der Waals surface area contributed by atoms with E-state index in [0.29, 0.717) is 5.76 Å². The van der Waals surface area contributed by atoms with Gasteiger partial charge in [-0.15, -0.1) is 0 Å². The number of nitro groups is 1. The number of aromatic carboxylic acids is 1. The van der Waals surface area contributed by atoms with Gasteiger partial charge in [-0.1, -0.05) is 0 Å². The second kappa shape index (κ2) is 4.80.